The smallest absolute Gasteiger partial charge is 0.239 e. The fourth-order valence-electron chi connectivity index (χ4n) is 2.00. The summed E-state index contributed by atoms with van der Waals surface area (Å²) in [6.07, 6.45) is 0.380. The van der Waals surface area contributed by atoms with E-state index in [2.05, 4.69) is 16.3 Å². The number of morpholine rings is 1. The number of carbonyl (C=O) groups is 1. The second-order valence-electron chi connectivity index (χ2n) is 4.70. The van der Waals surface area contributed by atoms with Crippen LogP contribution >= 0.6 is 0 Å². The van der Waals surface area contributed by atoms with E-state index in [1.165, 1.54) is 0 Å². The van der Waals surface area contributed by atoms with Crippen molar-refractivity contribution in [2.45, 2.75) is 19.4 Å². The molecule has 1 atom stereocenters. The first-order valence-corrected chi connectivity index (χ1v) is 6.82. The van der Waals surface area contributed by atoms with Crippen molar-refractivity contribution in [2.24, 2.45) is 0 Å². The van der Waals surface area contributed by atoms with Gasteiger partial charge in [-0.25, -0.2) is 0 Å². The summed E-state index contributed by atoms with van der Waals surface area (Å²) in [7, 11) is 1.77. The minimum atomic E-state index is -0.205. The molecule has 0 aromatic carbocycles. The predicted molar refractivity (Wildman–Crippen MR) is 72.6 cm³/mol. The zero-order chi connectivity index (χ0) is 14.1. The molecule has 1 amide bonds. The third kappa shape index (κ3) is 5.55. The molecule has 1 aliphatic rings. The lowest BCUT2D eigenvalue weighted by Gasteiger charge is -2.30. The second kappa shape index (κ2) is 8.86. The van der Waals surface area contributed by atoms with E-state index in [4.69, 9.17) is 10.00 Å². The fraction of sp³-hybridized carbons (Fsp3) is 0.846. The van der Waals surface area contributed by atoms with Crippen LogP contribution in [0.2, 0.25) is 0 Å². The molecule has 19 heavy (non-hydrogen) atoms. The number of carbonyl (C=O) groups excluding carboxylic acids is 1. The summed E-state index contributed by atoms with van der Waals surface area (Å²) in [6.45, 7) is 7.23. The van der Waals surface area contributed by atoms with Crippen LogP contribution in [0.15, 0.2) is 0 Å². The molecule has 1 rings (SSSR count). The van der Waals surface area contributed by atoms with Gasteiger partial charge in [0.25, 0.3) is 0 Å². The molecule has 6 nitrogen and oxygen atoms in total. The van der Waals surface area contributed by atoms with E-state index in [0.29, 0.717) is 19.5 Å². The van der Waals surface area contributed by atoms with Crippen molar-refractivity contribution in [3.05, 3.63) is 0 Å². The number of rotatable bonds is 7. The van der Waals surface area contributed by atoms with E-state index in [1.807, 2.05) is 6.92 Å². The number of nitrogens with one attached hydrogen (secondary N) is 1. The van der Waals surface area contributed by atoms with Crippen LogP contribution in [0.25, 0.3) is 0 Å². The largest absolute Gasteiger partial charge is 0.379 e. The number of hydrogen-bond donors (Lipinski definition) is 1. The van der Waals surface area contributed by atoms with Gasteiger partial charge in [-0.05, 0) is 14.0 Å². The lowest BCUT2D eigenvalue weighted by molar-refractivity contribution is -0.133. The molecule has 108 valence electrons. The van der Waals surface area contributed by atoms with Gasteiger partial charge in [-0.2, -0.15) is 5.26 Å². The lowest BCUT2D eigenvalue weighted by Crippen LogP contribution is -2.48. The predicted octanol–water partition coefficient (Wildman–Crippen LogP) is -0.331. The van der Waals surface area contributed by atoms with Crippen LogP contribution in [0.1, 0.15) is 13.3 Å². The van der Waals surface area contributed by atoms with Crippen molar-refractivity contribution in [1.82, 2.24) is 15.1 Å². The third-order valence-electron chi connectivity index (χ3n) is 3.40. The van der Waals surface area contributed by atoms with Gasteiger partial charge in [0, 0.05) is 32.7 Å². The molecule has 0 aliphatic carbocycles. The molecule has 0 aromatic heterocycles. The Morgan fingerprint density at radius 1 is 1.47 bits per heavy atom. The standard InChI is InChI=1S/C13H24N4O2/c1-12(15-2)13(18)17(5-3-4-14)7-6-16-8-10-19-11-9-16/h12,15H,3,5-11H2,1-2H3. The topological polar surface area (TPSA) is 68.6 Å². The highest BCUT2D eigenvalue weighted by Crippen LogP contribution is 2.01. The zero-order valence-electron chi connectivity index (χ0n) is 11.9. The molecule has 0 radical (unpaired) electrons. The number of amides is 1. The highest BCUT2D eigenvalue weighted by atomic mass is 16.5. The number of nitrogens with zero attached hydrogens (tertiary/aromatic N) is 3. The maximum absolute atomic E-state index is 12.2. The van der Waals surface area contributed by atoms with Crippen molar-refractivity contribution in [1.29, 1.82) is 5.26 Å². The Labute approximate surface area is 115 Å². The van der Waals surface area contributed by atoms with Crippen LogP contribution in [-0.4, -0.2) is 74.7 Å². The monoisotopic (exact) mass is 268 g/mol. The summed E-state index contributed by atoms with van der Waals surface area (Å²) in [5.41, 5.74) is 0. The highest BCUT2D eigenvalue weighted by Gasteiger charge is 2.20. The van der Waals surface area contributed by atoms with Crippen LogP contribution in [0.3, 0.4) is 0 Å². The average Bonchev–Trinajstić information content (AvgIpc) is 2.47. The summed E-state index contributed by atoms with van der Waals surface area (Å²) in [4.78, 5) is 16.2. The second-order valence-corrected chi connectivity index (χ2v) is 4.70. The molecule has 1 N–H and O–H groups in total. The van der Waals surface area contributed by atoms with E-state index < -0.39 is 0 Å². The Bertz CT molecular complexity index is 310. The lowest BCUT2D eigenvalue weighted by atomic mass is 10.2. The number of likely N-dealkylation sites (N-methyl/N-ethyl adjacent to an activating group) is 1. The molecular formula is C13H24N4O2. The van der Waals surface area contributed by atoms with Crippen LogP contribution < -0.4 is 5.32 Å². The summed E-state index contributed by atoms with van der Waals surface area (Å²) < 4.78 is 5.30. The van der Waals surface area contributed by atoms with Gasteiger partial charge in [-0.15, -0.1) is 0 Å². The molecule has 1 saturated heterocycles. The maximum Gasteiger partial charge on any atom is 0.239 e. The summed E-state index contributed by atoms with van der Waals surface area (Å²) in [6, 6.07) is 1.89. The minimum absolute atomic E-state index is 0.0611. The number of nitriles is 1. The van der Waals surface area contributed by atoms with Gasteiger partial charge in [0.2, 0.25) is 5.91 Å². The van der Waals surface area contributed by atoms with Crippen molar-refractivity contribution in [2.75, 3.05) is 53.0 Å². The molecule has 0 saturated carbocycles. The molecule has 6 heteroatoms. The van der Waals surface area contributed by atoms with Crippen LogP contribution in [0.5, 0.6) is 0 Å². The molecule has 0 bridgehead atoms. The van der Waals surface area contributed by atoms with Gasteiger partial charge in [0.05, 0.1) is 31.7 Å². The SMILES string of the molecule is CNC(C)C(=O)N(CCC#N)CCN1CCOCC1. The van der Waals surface area contributed by atoms with Gasteiger partial charge >= 0.3 is 0 Å². The van der Waals surface area contributed by atoms with Gasteiger partial charge < -0.3 is 15.0 Å². The van der Waals surface area contributed by atoms with Gasteiger partial charge in [0.1, 0.15) is 0 Å². The molecule has 1 unspecified atom stereocenters. The fourth-order valence-corrected chi connectivity index (χ4v) is 2.00. The first kappa shape index (κ1) is 15.9. The van der Waals surface area contributed by atoms with E-state index in [0.717, 1.165) is 32.8 Å². The highest BCUT2D eigenvalue weighted by molar-refractivity contribution is 5.81. The normalized spacial score (nSPS) is 17.7. The van der Waals surface area contributed by atoms with Gasteiger partial charge in [0.15, 0.2) is 0 Å². The van der Waals surface area contributed by atoms with Crippen molar-refractivity contribution in [3.63, 3.8) is 0 Å². The molecule has 0 aromatic rings. The van der Waals surface area contributed by atoms with E-state index in [-0.39, 0.29) is 11.9 Å². The summed E-state index contributed by atoms with van der Waals surface area (Å²) >= 11 is 0. The number of hydrogen-bond acceptors (Lipinski definition) is 5. The first-order chi connectivity index (χ1) is 9.19. The number of ether oxygens (including phenoxy) is 1. The van der Waals surface area contributed by atoms with Crippen molar-refractivity contribution >= 4 is 5.91 Å². The molecule has 1 fully saturated rings. The minimum Gasteiger partial charge on any atom is -0.379 e. The van der Waals surface area contributed by atoms with Crippen LogP contribution in [0, 0.1) is 11.3 Å². The first-order valence-electron chi connectivity index (χ1n) is 6.82. The Balaban J connectivity index is 2.44. The Hall–Kier alpha value is -1.16. The molecule has 0 spiro atoms. The Kier molecular flexibility index (Phi) is 7.41. The van der Waals surface area contributed by atoms with Crippen LogP contribution in [0.4, 0.5) is 0 Å². The molecule has 1 heterocycles. The molecule has 1 aliphatic heterocycles. The van der Waals surface area contributed by atoms with Gasteiger partial charge in [-0.3, -0.25) is 9.69 Å². The summed E-state index contributed by atoms with van der Waals surface area (Å²) in [5, 5.41) is 11.6. The van der Waals surface area contributed by atoms with E-state index >= 15 is 0 Å². The third-order valence-corrected chi connectivity index (χ3v) is 3.40. The Morgan fingerprint density at radius 3 is 2.74 bits per heavy atom. The quantitative estimate of drug-likeness (QED) is 0.685. The van der Waals surface area contributed by atoms with Crippen molar-refractivity contribution in [3.8, 4) is 6.07 Å². The molecular weight excluding hydrogens is 244 g/mol. The Morgan fingerprint density at radius 2 is 2.16 bits per heavy atom. The zero-order valence-corrected chi connectivity index (χ0v) is 11.9. The van der Waals surface area contributed by atoms with E-state index in [1.54, 1.807) is 11.9 Å². The maximum atomic E-state index is 12.2. The van der Waals surface area contributed by atoms with Crippen LogP contribution in [-0.2, 0) is 9.53 Å². The van der Waals surface area contributed by atoms with Gasteiger partial charge in [-0.1, -0.05) is 0 Å². The van der Waals surface area contributed by atoms with Crippen molar-refractivity contribution < 1.29 is 9.53 Å². The average molecular weight is 268 g/mol. The van der Waals surface area contributed by atoms with E-state index in [9.17, 15) is 4.79 Å². The summed E-state index contributed by atoms with van der Waals surface area (Å²) in [5.74, 6) is 0.0611.